The van der Waals surface area contributed by atoms with E-state index in [1.165, 1.54) is 77.5 Å². The lowest BCUT2D eigenvalue weighted by atomic mass is 9.78. The van der Waals surface area contributed by atoms with Crippen LogP contribution in [-0.4, -0.2) is 165 Å². The molecule has 1 aromatic heterocycles. The number of alkyl carbamates (subject to hydrolysis) is 1. The summed E-state index contributed by atoms with van der Waals surface area (Å²) in [5.41, 5.74) is 3.65. The van der Waals surface area contributed by atoms with Crippen molar-refractivity contribution >= 4 is 109 Å². The minimum Gasteiger partial charge on any atom is -0.507 e. The van der Waals surface area contributed by atoms with Gasteiger partial charge in [-0.2, -0.15) is 0 Å². The number of ether oxygens (including phenoxy) is 5. The average molecular weight is 1500 g/mol. The third-order valence-corrected chi connectivity index (χ3v) is 20.2. The number of piperidine rings is 1. The molecule has 580 valence electrons. The topological polar surface area (TPSA) is 446 Å². The SMILES string of the molecule is CO[C@H]1/C=C/O[C@@]2(C)Oc3c(C)c(O)c4c(=O)c(c5oc6cc(N7CCC(NC(=O)OCc8ccc(NC(=O)[C@H](CCCNC(N)=O)NC(=O)[C@@H](NC(=O)CCCCCN9C(=O)C=CC9=O)C(C)C)cc8)CC7)cc(=O)c6nc5c4c3=C2O)NC(=O)/C(C)=C\C=C\[C@H](C)[C@H](O)[C@@H](C)[C@@H](O)[C@@H](C)[C@H](OC(C)=O)[C@@H]1C. The molecule has 11 atom stereocenters. The Morgan fingerprint density at radius 2 is 1.54 bits per heavy atom. The van der Waals surface area contributed by atoms with Gasteiger partial charge in [-0.25, -0.2) is 14.6 Å². The monoisotopic (exact) mass is 1500 g/mol. The summed E-state index contributed by atoms with van der Waals surface area (Å²) in [7, 11) is 1.42. The molecular weight excluding hydrogens is 1400 g/mol. The number of nitrogens with two attached hydrogens (primary N) is 1. The maximum absolute atomic E-state index is 15.2. The number of unbranched alkanes of at least 4 members (excludes halogenated alkanes) is 2. The summed E-state index contributed by atoms with van der Waals surface area (Å²) in [5, 5.41) is 63.3. The number of urea groups is 1. The molecule has 0 spiro atoms. The molecule has 0 radical (unpaired) electrons. The van der Waals surface area contributed by atoms with E-state index in [0.717, 1.165) is 4.90 Å². The molecule has 31 nitrogen and oxygen atoms in total. The number of phenolic OH excluding ortho intramolecular Hbond substituents is 1. The maximum atomic E-state index is 15.2. The van der Waals surface area contributed by atoms with Gasteiger partial charge in [0, 0.05) is 135 Å². The Morgan fingerprint density at radius 1 is 0.843 bits per heavy atom. The molecule has 0 unspecified atom stereocenters. The first-order valence-electron chi connectivity index (χ1n) is 36.1. The third-order valence-electron chi connectivity index (χ3n) is 20.2. The van der Waals surface area contributed by atoms with Crippen molar-refractivity contribution in [3.8, 4) is 11.5 Å². The molecular formula is C77H96N10O21. The second kappa shape index (κ2) is 35.2. The van der Waals surface area contributed by atoms with Gasteiger partial charge in [-0.05, 0) is 82.1 Å². The number of nitrogens with one attached hydrogen (secondary N) is 6. The van der Waals surface area contributed by atoms with Crippen LogP contribution in [0.2, 0.25) is 0 Å². The van der Waals surface area contributed by atoms with E-state index in [2.05, 4.69) is 31.9 Å². The number of esters is 1. The fourth-order valence-corrected chi connectivity index (χ4v) is 13.8. The van der Waals surface area contributed by atoms with Crippen molar-refractivity contribution < 1.29 is 91.7 Å². The summed E-state index contributed by atoms with van der Waals surface area (Å²) in [6.07, 6.45) is 7.51. The predicted molar refractivity (Wildman–Crippen MR) is 398 cm³/mol. The minimum atomic E-state index is -2.07. The Bertz CT molecular complexity index is 4590. The number of nitrogens with zero attached hydrogens (tertiary/aromatic N) is 3. The number of aromatic hydroxyl groups is 1. The van der Waals surface area contributed by atoms with Crippen LogP contribution >= 0.6 is 0 Å². The molecule has 4 bridgehead atoms. The van der Waals surface area contributed by atoms with Gasteiger partial charge in [0.05, 0.1) is 35.2 Å². The molecule has 31 heteroatoms. The van der Waals surface area contributed by atoms with Crippen LogP contribution in [0.3, 0.4) is 0 Å². The molecule has 9 amide bonds. The number of carbonyl (C=O) groups is 9. The van der Waals surface area contributed by atoms with Crippen molar-refractivity contribution in [2.45, 2.75) is 176 Å². The summed E-state index contributed by atoms with van der Waals surface area (Å²) in [5.74, 6) is -10.3. The lowest BCUT2D eigenvalue weighted by molar-refractivity contribution is -0.160. The second-order valence-corrected chi connectivity index (χ2v) is 28.5. The van der Waals surface area contributed by atoms with Crippen molar-refractivity contribution in [2.75, 3.05) is 48.8 Å². The number of hydrogen-bond acceptors (Lipinski definition) is 23. The van der Waals surface area contributed by atoms with Crippen LogP contribution in [0.4, 0.5) is 26.7 Å². The number of allylic oxidation sites excluding steroid dienone is 2. The van der Waals surface area contributed by atoms with Crippen LogP contribution in [0.5, 0.6) is 11.5 Å². The second-order valence-electron chi connectivity index (χ2n) is 28.5. The molecule has 1 saturated heterocycles. The van der Waals surface area contributed by atoms with Gasteiger partial charge >= 0.3 is 23.9 Å². The van der Waals surface area contributed by atoms with Gasteiger partial charge in [-0.15, -0.1) is 0 Å². The number of imide groups is 1. The molecule has 12 N–H and O–H groups in total. The molecule has 108 heavy (non-hydrogen) atoms. The fourth-order valence-electron chi connectivity index (χ4n) is 13.8. The van der Waals surface area contributed by atoms with Gasteiger partial charge in [0.2, 0.25) is 28.6 Å². The third kappa shape index (κ3) is 18.7. The zero-order chi connectivity index (χ0) is 78.7. The van der Waals surface area contributed by atoms with E-state index in [9.17, 15) is 68.4 Å². The summed E-state index contributed by atoms with van der Waals surface area (Å²) < 4.78 is 36.3. The van der Waals surface area contributed by atoms with Gasteiger partial charge < -0.3 is 91.1 Å². The number of aromatic nitrogens is 1. The molecule has 1 fully saturated rings. The maximum Gasteiger partial charge on any atom is 0.407 e. The number of amides is 9. The summed E-state index contributed by atoms with van der Waals surface area (Å²) in [6.45, 7) is 16.7. The predicted octanol–water partition coefficient (Wildman–Crippen LogP) is 5.95. The largest absolute Gasteiger partial charge is 0.507 e. The molecule has 9 rings (SSSR count). The quantitative estimate of drug-likeness (QED) is 0.0125. The Kier molecular flexibility index (Phi) is 26.5. The first kappa shape index (κ1) is 81.2. The van der Waals surface area contributed by atoms with Crippen LogP contribution in [0.15, 0.2) is 98.7 Å². The number of methoxy groups -OCH3 is 1. The van der Waals surface area contributed by atoms with Crippen molar-refractivity contribution in [2.24, 2.45) is 35.3 Å². The van der Waals surface area contributed by atoms with Crippen molar-refractivity contribution in [3.63, 3.8) is 0 Å². The van der Waals surface area contributed by atoms with Gasteiger partial charge in [0.25, 0.3) is 17.7 Å². The van der Waals surface area contributed by atoms with Gasteiger partial charge in [0.1, 0.15) is 47.5 Å². The fraction of sp³-hybridized carbons (Fsp3) is 0.481. The first-order chi connectivity index (χ1) is 51.2. The lowest BCUT2D eigenvalue weighted by Gasteiger charge is -2.38. The molecule has 5 aromatic rings. The number of rotatable bonds is 22. The van der Waals surface area contributed by atoms with Crippen molar-refractivity contribution in [1.82, 2.24) is 31.2 Å². The summed E-state index contributed by atoms with van der Waals surface area (Å²) in [6, 6.07) is 6.08. The number of benzene rings is 4. The Hall–Kier alpha value is -10.9. The standard InChI is InChI=1S/C77H96N10O21/c1-38(2)60(83-54(90)20-13-12-14-31-87-55(91)25-26-56(87)92)74(100)82-50(19-16-30-79-75(78)101)73(99)80-47-23-21-46(22-24-47)37-104-76(102)81-48-27-32-86(33-28-48)49-35-51(89)61-53(36-49)107-70-62(84-61)57-58-66(95)44(8)69-59(57)71(97)77(10,108-69)105-34-29-52(103-11)41(5)68(106-45(9)88)43(7)65(94)42(6)64(93)39(3)17-15-18-40(4)72(98)85-63(70)67(58)96/h15,17-18,21-26,29,34-36,38-39,41-43,48,50,52,60,64-65,68,93-95,97H,12-14,16,19-20,27-28,30-33,37H2,1-11H3,(H,80,99)(H,81,102)(H,82,100)(H,83,90)(H,85,98)(H3,78,79,101)/b17-15+,34-29+,40-18-/t39-,41+,42+,43+,50-,52-,60-,64-,65+,68+,77-/m0/s1. The van der Waals surface area contributed by atoms with E-state index in [1.807, 2.05) is 4.90 Å². The molecule has 0 saturated carbocycles. The number of phenols is 1. The van der Waals surface area contributed by atoms with Crippen LogP contribution in [0.1, 0.15) is 125 Å². The number of primary amides is 1. The highest BCUT2D eigenvalue weighted by Crippen LogP contribution is 2.43. The first-order valence-corrected chi connectivity index (χ1v) is 36.1. The van der Waals surface area contributed by atoms with Gasteiger partial charge in [-0.3, -0.25) is 48.1 Å². The highest BCUT2D eigenvalue weighted by atomic mass is 16.7. The number of anilines is 3. The van der Waals surface area contributed by atoms with E-state index in [4.69, 9.17) is 38.8 Å². The Morgan fingerprint density at radius 3 is 2.19 bits per heavy atom. The highest BCUT2D eigenvalue weighted by molar-refractivity contribution is 6.17. The molecule has 4 aromatic carbocycles. The van der Waals surface area contributed by atoms with E-state index in [1.54, 1.807) is 78.0 Å². The lowest BCUT2D eigenvalue weighted by Crippen LogP contribution is -2.54. The summed E-state index contributed by atoms with van der Waals surface area (Å²) >= 11 is 0. The molecule has 0 aliphatic carbocycles. The zero-order valence-corrected chi connectivity index (χ0v) is 62.3. The van der Waals surface area contributed by atoms with Gasteiger partial charge in [0.15, 0.2) is 22.4 Å². The number of hydrogen-bond donors (Lipinski definition) is 11. The Labute approximate surface area is 622 Å². The van der Waals surface area contributed by atoms with Crippen LogP contribution in [0.25, 0.3) is 38.7 Å². The summed E-state index contributed by atoms with van der Waals surface area (Å²) in [4.78, 5) is 153. The molecule has 4 aliphatic rings. The van der Waals surface area contributed by atoms with Crippen molar-refractivity contribution in [3.05, 3.63) is 121 Å². The number of fused-ring (bicyclic) bond motifs is 2. The average Bonchev–Trinajstić information content (AvgIpc) is 1.39. The van der Waals surface area contributed by atoms with E-state index < -0.39 is 141 Å². The van der Waals surface area contributed by atoms with Crippen LogP contribution < -0.4 is 63.3 Å². The zero-order valence-electron chi connectivity index (χ0n) is 62.3. The van der Waals surface area contributed by atoms with Gasteiger partial charge in [-0.1, -0.05) is 78.3 Å². The van der Waals surface area contributed by atoms with Crippen LogP contribution in [-0.2, 0) is 59.1 Å². The van der Waals surface area contributed by atoms with E-state index >= 15 is 4.79 Å². The minimum absolute atomic E-state index is 0.00989. The number of carbonyl (C=O) groups excluding carboxylic acids is 9. The van der Waals surface area contributed by atoms with E-state index in [0.29, 0.717) is 62.1 Å². The van der Waals surface area contributed by atoms with E-state index in [-0.39, 0.29) is 112 Å². The smallest absolute Gasteiger partial charge is 0.407 e. The Balaban J connectivity index is 0.891. The molecule has 4 aliphatic heterocycles. The van der Waals surface area contributed by atoms with Crippen molar-refractivity contribution in [1.29, 1.82) is 0 Å². The normalized spacial score (nSPS) is 23.8. The van der Waals surface area contributed by atoms with Crippen LogP contribution in [0, 0.1) is 36.5 Å². The highest BCUT2D eigenvalue weighted by Gasteiger charge is 2.45. The number of aliphatic hydroxyl groups is 3. The molecule has 5 heterocycles. The number of aliphatic hydroxyl groups excluding tert-OH is 3.